The summed E-state index contributed by atoms with van der Waals surface area (Å²) in [6.45, 7) is 4.47. The molecule has 0 saturated carbocycles. The molecule has 2 fully saturated rings. The maximum atomic E-state index is 14.2. The van der Waals surface area contributed by atoms with E-state index in [-0.39, 0.29) is 34.0 Å². The number of nitrogens with one attached hydrogen (secondary N) is 1. The highest BCUT2D eigenvalue weighted by Crippen LogP contribution is 2.30. The Morgan fingerprint density at radius 2 is 1.97 bits per heavy atom. The number of hydrogen-bond donors (Lipinski definition) is 1. The molecule has 10 heteroatoms. The quantitative estimate of drug-likeness (QED) is 0.588. The fourth-order valence-electron chi connectivity index (χ4n) is 4.57. The molecule has 1 unspecified atom stereocenters. The van der Waals surface area contributed by atoms with Crippen LogP contribution in [0.1, 0.15) is 39.3 Å². The maximum Gasteiger partial charge on any atom is 0.287 e. The van der Waals surface area contributed by atoms with Gasteiger partial charge in [-0.15, -0.1) is 0 Å². The number of amides is 2. The van der Waals surface area contributed by atoms with E-state index in [0.29, 0.717) is 44.0 Å². The number of rotatable bonds is 5. The van der Waals surface area contributed by atoms with E-state index < -0.39 is 5.82 Å². The number of piperidine rings is 1. The highest BCUT2D eigenvalue weighted by molar-refractivity contribution is 6.31. The molecule has 0 aliphatic carbocycles. The third-order valence-electron chi connectivity index (χ3n) is 6.36. The first kappa shape index (κ1) is 22.9. The largest absolute Gasteiger partial charge is 0.460 e. The zero-order valence-corrected chi connectivity index (χ0v) is 19.3. The number of carbonyl (C=O) groups excluding carboxylic acids is 2. The molecule has 4 heterocycles. The van der Waals surface area contributed by atoms with Crippen molar-refractivity contribution in [1.29, 1.82) is 0 Å². The molecule has 2 aliphatic rings. The highest BCUT2D eigenvalue weighted by Gasteiger charge is 2.29. The van der Waals surface area contributed by atoms with Crippen LogP contribution in [0, 0.1) is 5.82 Å². The number of hydrogen-bond acceptors (Lipinski definition) is 6. The summed E-state index contributed by atoms with van der Waals surface area (Å²) < 4.78 is 30.4. The van der Waals surface area contributed by atoms with Crippen LogP contribution in [0.25, 0.3) is 11.0 Å². The molecule has 5 rings (SSSR count). The standard InChI is InChI=1S/C24H25ClFN3O5/c25-19-4-3-17-18(14-34-22(17)20(19)26)24(31)29-6-1-2-16(13-29)27-23(30)21-15(5-9-33-21)12-28-7-10-32-11-8-28/h3-5,9,14,16H,1-2,6-8,10-13H2,(H,27,30). The minimum atomic E-state index is -0.687. The van der Waals surface area contributed by atoms with Crippen molar-refractivity contribution in [2.45, 2.75) is 25.4 Å². The van der Waals surface area contributed by atoms with Crippen LogP contribution in [-0.4, -0.2) is 67.0 Å². The van der Waals surface area contributed by atoms with E-state index >= 15 is 0 Å². The lowest BCUT2D eigenvalue weighted by Crippen LogP contribution is -2.49. The molecule has 2 aromatic heterocycles. The van der Waals surface area contributed by atoms with E-state index in [1.807, 2.05) is 6.07 Å². The molecular weight excluding hydrogens is 465 g/mol. The summed E-state index contributed by atoms with van der Waals surface area (Å²) in [6.07, 6.45) is 4.25. The first-order chi connectivity index (χ1) is 16.5. The molecule has 1 N–H and O–H groups in total. The van der Waals surface area contributed by atoms with Gasteiger partial charge in [-0.1, -0.05) is 11.6 Å². The minimum absolute atomic E-state index is 0.0386. The van der Waals surface area contributed by atoms with E-state index in [4.69, 9.17) is 25.2 Å². The van der Waals surface area contributed by atoms with E-state index in [2.05, 4.69) is 10.2 Å². The van der Waals surface area contributed by atoms with Crippen molar-refractivity contribution in [1.82, 2.24) is 15.1 Å². The molecule has 1 aromatic carbocycles. The predicted molar refractivity (Wildman–Crippen MR) is 122 cm³/mol. The molecule has 2 saturated heterocycles. The van der Waals surface area contributed by atoms with Crippen molar-refractivity contribution in [3.63, 3.8) is 0 Å². The number of fused-ring (bicyclic) bond motifs is 1. The smallest absolute Gasteiger partial charge is 0.287 e. The average molecular weight is 490 g/mol. The summed E-state index contributed by atoms with van der Waals surface area (Å²) in [7, 11) is 0. The number of morpholine rings is 1. The van der Waals surface area contributed by atoms with Crippen LogP contribution in [0.5, 0.6) is 0 Å². The van der Waals surface area contributed by atoms with Gasteiger partial charge in [-0.05, 0) is 31.0 Å². The second kappa shape index (κ2) is 9.77. The Bertz CT molecular complexity index is 1200. The van der Waals surface area contributed by atoms with Crippen molar-refractivity contribution in [3.05, 3.63) is 58.5 Å². The summed E-state index contributed by atoms with van der Waals surface area (Å²) in [6, 6.07) is 4.57. The van der Waals surface area contributed by atoms with Gasteiger partial charge in [0.2, 0.25) is 0 Å². The molecule has 34 heavy (non-hydrogen) atoms. The van der Waals surface area contributed by atoms with Crippen LogP contribution in [0.2, 0.25) is 5.02 Å². The Kier molecular flexibility index (Phi) is 6.58. The van der Waals surface area contributed by atoms with Gasteiger partial charge < -0.3 is 23.8 Å². The van der Waals surface area contributed by atoms with Gasteiger partial charge in [0.15, 0.2) is 17.2 Å². The number of likely N-dealkylation sites (tertiary alicyclic amines) is 1. The first-order valence-electron chi connectivity index (χ1n) is 11.3. The Balaban J connectivity index is 1.25. The van der Waals surface area contributed by atoms with Crippen molar-refractivity contribution in [2.24, 2.45) is 0 Å². The van der Waals surface area contributed by atoms with Crippen LogP contribution >= 0.6 is 11.6 Å². The minimum Gasteiger partial charge on any atom is -0.460 e. The lowest BCUT2D eigenvalue weighted by Gasteiger charge is -2.33. The fourth-order valence-corrected chi connectivity index (χ4v) is 4.72. The van der Waals surface area contributed by atoms with E-state index in [0.717, 1.165) is 31.5 Å². The number of benzene rings is 1. The van der Waals surface area contributed by atoms with Gasteiger partial charge in [-0.2, -0.15) is 0 Å². The zero-order valence-electron chi connectivity index (χ0n) is 18.5. The van der Waals surface area contributed by atoms with Crippen LogP contribution in [-0.2, 0) is 11.3 Å². The normalized spacial score (nSPS) is 19.5. The summed E-state index contributed by atoms with van der Waals surface area (Å²) in [5, 5.41) is 3.33. The highest BCUT2D eigenvalue weighted by atomic mass is 35.5. The van der Waals surface area contributed by atoms with Gasteiger partial charge in [0.25, 0.3) is 11.8 Å². The zero-order chi connectivity index (χ0) is 23.7. The van der Waals surface area contributed by atoms with Crippen molar-refractivity contribution < 1.29 is 27.6 Å². The molecular formula is C24H25ClFN3O5. The van der Waals surface area contributed by atoms with Crippen LogP contribution in [0.4, 0.5) is 4.39 Å². The van der Waals surface area contributed by atoms with Crippen LogP contribution < -0.4 is 5.32 Å². The fraction of sp³-hybridized carbons (Fsp3) is 0.417. The Morgan fingerprint density at radius 3 is 2.79 bits per heavy atom. The van der Waals surface area contributed by atoms with Crippen molar-refractivity contribution in [2.75, 3.05) is 39.4 Å². The van der Waals surface area contributed by atoms with Gasteiger partial charge in [0, 0.05) is 49.7 Å². The topological polar surface area (TPSA) is 88.2 Å². The van der Waals surface area contributed by atoms with Gasteiger partial charge in [0.05, 0.1) is 30.1 Å². The lowest BCUT2D eigenvalue weighted by molar-refractivity contribution is 0.0339. The monoisotopic (exact) mass is 489 g/mol. The maximum absolute atomic E-state index is 14.2. The molecule has 0 radical (unpaired) electrons. The first-order valence-corrected chi connectivity index (χ1v) is 11.7. The number of carbonyl (C=O) groups is 2. The summed E-state index contributed by atoms with van der Waals surface area (Å²) in [5.41, 5.74) is 1.06. The molecule has 1 atom stereocenters. The summed E-state index contributed by atoms with van der Waals surface area (Å²) in [5.74, 6) is -0.958. The Morgan fingerprint density at radius 1 is 1.15 bits per heavy atom. The molecule has 0 bridgehead atoms. The average Bonchev–Trinajstić information content (AvgIpc) is 3.49. The van der Waals surface area contributed by atoms with Gasteiger partial charge in [-0.3, -0.25) is 14.5 Å². The van der Waals surface area contributed by atoms with Gasteiger partial charge >= 0.3 is 0 Å². The molecule has 180 valence electrons. The van der Waals surface area contributed by atoms with Crippen LogP contribution in [0.15, 0.2) is 39.6 Å². The number of furan rings is 2. The lowest BCUT2D eigenvalue weighted by atomic mass is 10.0. The molecule has 2 aliphatic heterocycles. The molecule has 3 aromatic rings. The summed E-state index contributed by atoms with van der Waals surface area (Å²) >= 11 is 5.81. The van der Waals surface area contributed by atoms with Gasteiger partial charge in [0.1, 0.15) is 6.26 Å². The predicted octanol–water partition coefficient (Wildman–Crippen LogP) is 3.69. The summed E-state index contributed by atoms with van der Waals surface area (Å²) in [4.78, 5) is 30.0. The molecule has 2 amide bonds. The number of halogens is 2. The SMILES string of the molecule is O=C(NC1CCCN(C(=O)c2coc3c(F)c(Cl)ccc23)C1)c1occc1CN1CCOCC1. The second-order valence-corrected chi connectivity index (χ2v) is 9.02. The second-order valence-electron chi connectivity index (χ2n) is 8.61. The molecule has 0 spiro atoms. The van der Waals surface area contributed by atoms with E-state index in [1.54, 1.807) is 11.0 Å². The van der Waals surface area contributed by atoms with Crippen LogP contribution in [0.3, 0.4) is 0 Å². The third-order valence-corrected chi connectivity index (χ3v) is 6.65. The van der Waals surface area contributed by atoms with E-state index in [9.17, 15) is 14.0 Å². The van der Waals surface area contributed by atoms with Gasteiger partial charge in [-0.25, -0.2) is 4.39 Å². The third kappa shape index (κ3) is 4.55. The van der Waals surface area contributed by atoms with E-state index in [1.165, 1.54) is 18.6 Å². The van der Waals surface area contributed by atoms with Crippen molar-refractivity contribution >= 4 is 34.4 Å². The Hall–Kier alpha value is -2.88. The Labute approximate surface area is 200 Å². The number of nitrogens with zero attached hydrogens (tertiary/aromatic N) is 2. The molecule has 8 nitrogen and oxygen atoms in total. The van der Waals surface area contributed by atoms with Crippen molar-refractivity contribution in [3.8, 4) is 0 Å². The number of ether oxygens (including phenoxy) is 1.